The van der Waals surface area contributed by atoms with Crippen LogP contribution in [0.15, 0.2) is 121 Å². The first-order valence-corrected chi connectivity index (χ1v) is 20.7. The summed E-state index contributed by atoms with van der Waals surface area (Å²) in [7, 11) is 0. The fourth-order valence-electron chi connectivity index (χ4n) is 9.36. The molecule has 0 atom stereocenters. The molecule has 1 aliphatic rings. The normalized spacial score (nSPS) is 13.3. The smallest absolute Gasteiger partial charge is 0.0520 e. The molecule has 4 heteroatoms. The summed E-state index contributed by atoms with van der Waals surface area (Å²) in [4.78, 5) is 4.90. The fraction of sp³-hybridized carbons (Fsp3) is 0.321. The van der Waals surface area contributed by atoms with E-state index in [-0.39, 0.29) is 16.2 Å². The third kappa shape index (κ3) is 7.31. The van der Waals surface area contributed by atoms with Crippen molar-refractivity contribution >= 4 is 34.1 Å². The van der Waals surface area contributed by atoms with Gasteiger partial charge < -0.3 is 21.3 Å². The van der Waals surface area contributed by atoms with Crippen molar-refractivity contribution in [2.45, 2.75) is 98.3 Å². The lowest BCUT2D eigenvalue weighted by molar-refractivity contribution is 0.459. The van der Waals surface area contributed by atoms with Gasteiger partial charge >= 0.3 is 0 Å². The molecule has 6 aromatic carbocycles. The van der Waals surface area contributed by atoms with E-state index in [2.05, 4.69) is 200 Å². The number of fused-ring (bicyclic) bond motifs is 3. The molecule has 57 heavy (non-hydrogen) atoms. The number of para-hydroxylation sites is 2. The van der Waals surface area contributed by atoms with Crippen molar-refractivity contribution < 1.29 is 0 Å². The van der Waals surface area contributed by atoms with Crippen LogP contribution in [0.25, 0.3) is 11.1 Å². The predicted octanol–water partition coefficient (Wildman–Crippen LogP) is 13.4. The Hall–Kier alpha value is -5.16. The third-order valence-electron chi connectivity index (χ3n) is 12.2. The largest absolute Gasteiger partial charge is 0.330 e. The maximum atomic E-state index is 6.61. The van der Waals surface area contributed by atoms with E-state index in [4.69, 9.17) is 11.5 Å². The molecule has 1 aliphatic carbocycles. The summed E-state index contributed by atoms with van der Waals surface area (Å²) in [6.45, 7) is 23.9. The van der Waals surface area contributed by atoms with Crippen LogP contribution in [-0.2, 0) is 16.2 Å². The van der Waals surface area contributed by atoms with E-state index in [1.54, 1.807) is 0 Å². The summed E-state index contributed by atoms with van der Waals surface area (Å²) in [5.74, 6) is 0. The van der Waals surface area contributed by atoms with Crippen LogP contribution in [0, 0.1) is 27.7 Å². The Morgan fingerprint density at radius 3 is 1.07 bits per heavy atom. The van der Waals surface area contributed by atoms with Crippen LogP contribution in [0.2, 0.25) is 0 Å². The second kappa shape index (κ2) is 15.3. The van der Waals surface area contributed by atoms with Crippen LogP contribution < -0.4 is 21.3 Å². The number of hydrogen-bond donors (Lipinski definition) is 2. The maximum absolute atomic E-state index is 6.61. The monoisotopic (exact) mass is 754 g/mol. The highest BCUT2D eigenvalue weighted by atomic mass is 15.2. The number of aryl methyl sites for hydroxylation is 4. The summed E-state index contributed by atoms with van der Waals surface area (Å²) in [5, 5.41) is 0. The topological polar surface area (TPSA) is 58.5 Å². The van der Waals surface area contributed by atoms with Gasteiger partial charge in [-0.2, -0.15) is 0 Å². The zero-order chi connectivity index (χ0) is 40.9. The van der Waals surface area contributed by atoms with Gasteiger partial charge in [0.2, 0.25) is 0 Å². The van der Waals surface area contributed by atoms with Crippen molar-refractivity contribution in [1.82, 2.24) is 0 Å². The molecule has 0 spiro atoms. The number of hydrogen-bond acceptors (Lipinski definition) is 4. The summed E-state index contributed by atoms with van der Waals surface area (Å²) in [6, 6.07) is 45.2. The van der Waals surface area contributed by atoms with E-state index in [0.29, 0.717) is 13.1 Å². The Balaban J connectivity index is 1.44. The first-order chi connectivity index (χ1) is 27.1. The van der Waals surface area contributed by atoms with E-state index in [0.717, 1.165) is 35.6 Å². The molecule has 0 heterocycles. The minimum absolute atomic E-state index is 0.0528. The zero-order valence-electron chi connectivity index (χ0n) is 35.9. The zero-order valence-corrected chi connectivity index (χ0v) is 35.9. The van der Waals surface area contributed by atoms with Crippen LogP contribution in [0.5, 0.6) is 0 Å². The fourth-order valence-corrected chi connectivity index (χ4v) is 9.36. The lowest BCUT2D eigenvalue weighted by atomic mass is 9.72. The van der Waals surface area contributed by atoms with Gasteiger partial charge in [0.1, 0.15) is 0 Å². The minimum atomic E-state index is -0.356. The molecule has 4 nitrogen and oxygen atoms in total. The lowest BCUT2D eigenvalue weighted by Crippen LogP contribution is -2.31. The van der Waals surface area contributed by atoms with Crippen molar-refractivity contribution in [3.8, 4) is 11.1 Å². The van der Waals surface area contributed by atoms with Gasteiger partial charge in [0, 0.05) is 28.2 Å². The summed E-state index contributed by atoms with van der Waals surface area (Å²) >= 11 is 0. The van der Waals surface area contributed by atoms with E-state index in [1.165, 1.54) is 67.0 Å². The highest BCUT2D eigenvalue weighted by Crippen LogP contribution is 2.56. The lowest BCUT2D eigenvalue weighted by Gasteiger charge is -2.35. The number of anilines is 6. The molecule has 0 amide bonds. The molecule has 0 fully saturated rings. The molecule has 0 aromatic heterocycles. The Morgan fingerprint density at radius 2 is 0.772 bits per heavy atom. The van der Waals surface area contributed by atoms with Gasteiger partial charge in [-0.15, -0.1) is 0 Å². The molecule has 4 N–H and O–H groups in total. The van der Waals surface area contributed by atoms with Gasteiger partial charge in [-0.05, 0) is 169 Å². The highest BCUT2D eigenvalue weighted by Gasteiger charge is 2.43. The molecule has 7 rings (SSSR count). The minimum Gasteiger partial charge on any atom is -0.330 e. The van der Waals surface area contributed by atoms with E-state index in [1.807, 2.05) is 0 Å². The van der Waals surface area contributed by atoms with E-state index in [9.17, 15) is 0 Å². The molecule has 294 valence electrons. The quantitative estimate of drug-likeness (QED) is 0.146. The standard InChI is InChI=1S/C53H62N4/c1-35-29-39(51(5,6)7)30-36(2)49(35)56(41-17-13-11-14-18-41)43-21-23-45-46-24-22-44(34-48(46)53(25-27-54,26-28-55)47(45)33-43)57(42-19-15-12-16-20-42)50-37(3)31-40(32-38(50)4)52(8,9)10/h11-24,29-34H,25-28,54-55H2,1-10H3. The SMILES string of the molecule is Cc1cc(C(C)(C)C)cc(C)c1N(c1ccccc1)c1ccc2c(c1)C(CCN)(CCN)c1cc(N(c3ccccc3)c3c(C)cc(C(C)(C)C)cc3C)ccc1-2. The molecule has 0 saturated heterocycles. The molecule has 0 unspecified atom stereocenters. The van der Waals surface area contributed by atoms with E-state index < -0.39 is 0 Å². The molecule has 6 aromatic rings. The summed E-state index contributed by atoms with van der Waals surface area (Å²) in [5.41, 5.74) is 32.8. The number of nitrogens with zero attached hydrogens (tertiary/aromatic N) is 2. The molecular formula is C53H62N4. The molecule has 0 aliphatic heterocycles. The predicted molar refractivity (Wildman–Crippen MR) is 246 cm³/mol. The Morgan fingerprint density at radius 1 is 0.439 bits per heavy atom. The number of nitrogens with two attached hydrogens (primary N) is 2. The second-order valence-corrected chi connectivity index (χ2v) is 18.4. The van der Waals surface area contributed by atoms with Gasteiger partial charge in [0.25, 0.3) is 0 Å². The van der Waals surface area contributed by atoms with Crippen molar-refractivity contribution in [3.05, 3.63) is 166 Å². The van der Waals surface area contributed by atoms with Crippen LogP contribution in [-0.4, -0.2) is 13.1 Å². The average molecular weight is 755 g/mol. The van der Waals surface area contributed by atoms with Crippen LogP contribution >= 0.6 is 0 Å². The summed E-state index contributed by atoms with van der Waals surface area (Å²) < 4.78 is 0. The van der Waals surface area contributed by atoms with Gasteiger partial charge in [-0.3, -0.25) is 0 Å². The molecular weight excluding hydrogens is 693 g/mol. The van der Waals surface area contributed by atoms with Crippen molar-refractivity contribution in [1.29, 1.82) is 0 Å². The molecule has 0 radical (unpaired) electrons. The number of benzene rings is 6. The van der Waals surface area contributed by atoms with Gasteiger partial charge in [0.15, 0.2) is 0 Å². The Labute approximate surface area is 342 Å². The first-order valence-electron chi connectivity index (χ1n) is 20.7. The molecule has 0 bridgehead atoms. The van der Waals surface area contributed by atoms with Crippen LogP contribution in [0.4, 0.5) is 34.1 Å². The van der Waals surface area contributed by atoms with Gasteiger partial charge in [0.05, 0.1) is 11.4 Å². The highest BCUT2D eigenvalue weighted by molar-refractivity contribution is 5.90. The van der Waals surface area contributed by atoms with Gasteiger partial charge in [-0.25, -0.2) is 0 Å². The Kier molecular flexibility index (Phi) is 10.8. The van der Waals surface area contributed by atoms with Crippen molar-refractivity contribution in [2.75, 3.05) is 22.9 Å². The van der Waals surface area contributed by atoms with Crippen molar-refractivity contribution in [3.63, 3.8) is 0 Å². The number of rotatable bonds is 10. The van der Waals surface area contributed by atoms with Gasteiger partial charge in [-0.1, -0.05) is 114 Å². The van der Waals surface area contributed by atoms with Crippen molar-refractivity contribution in [2.24, 2.45) is 11.5 Å². The third-order valence-corrected chi connectivity index (χ3v) is 12.2. The van der Waals surface area contributed by atoms with Crippen LogP contribution in [0.1, 0.15) is 98.9 Å². The first kappa shape index (κ1) is 40.1. The van der Waals surface area contributed by atoms with Crippen LogP contribution in [0.3, 0.4) is 0 Å². The maximum Gasteiger partial charge on any atom is 0.0520 e. The summed E-state index contributed by atoms with van der Waals surface area (Å²) in [6.07, 6.45) is 1.59. The second-order valence-electron chi connectivity index (χ2n) is 18.4. The Bertz CT molecular complexity index is 2180. The van der Waals surface area contributed by atoms with E-state index >= 15 is 0 Å². The molecule has 0 saturated carbocycles. The average Bonchev–Trinajstić information content (AvgIpc) is 3.42.